The van der Waals surface area contributed by atoms with Crippen molar-refractivity contribution in [2.75, 3.05) is 32.8 Å². The molecule has 130 valence electrons. The van der Waals surface area contributed by atoms with E-state index < -0.39 is 5.97 Å². The maximum Gasteiger partial charge on any atom is 0.338 e. The van der Waals surface area contributed by atoms with E-state index in [9.17, 15) is 14.4 Å². The van der Waals surface area contributed by atoms with E-state index in [1.165, 1.54) is 30.8 Å². The van der Waals surface area contributed by atoms with Crippen LogP contribution in [0.1, 0.15) is 20.9 Å². The number of rotatable bonds is 4. The van der Waals surface area contributed by atoms with Crippen molar-refractivity contribution in [2.45, 2.75) is 0 Å². The molecule has 0 bridgehead atoms. The third-order valence-corrected chi connectivity index (χ3v) is 3.89. The summed E-state index contributed by atoms with van der Waals surface area (Å²) >= 11 is 0. The van der Waals surface area contributed by atoms with Gasteiger partial charge in [-0.3, -0.25) is 14.6 Å². The molecule has 25 heavy (non-hydrogen) atoms. The first-order valence-corrected chi connectivity index (χ1v) is 7.83. The lowest BCUT2D eigenvalue weighted by Gasteiger charge is -2.34. The van der Waals surface area contributed by atoms with Gasteiger partial charge in [0.1, 0.15) is 0 Å². The molecular formula is C17H17N3O5. The zero-order valence-corrected chi connectivity index (χ0v) is 13.5. The monoisotopic (exact) mass is 343 g/mol. The molecule has 0 spiro atoms. The summed E-state index contributed by atoms with van der Waals surface area (Å²) in [5.41, 5.74) is 0.344. The van der Waals surface area contributed by atoms with Crippen molar-refractivity contribution in [3.8, 4) is 0 Å². The Morgan fingerprint density at radius 3 is 2.36 bits per heavy atom. The highest BCUT2D eigenvalue weighted by molar-refractivity contribution is 5.92. The summed E-state index contributed by atoms with van der Waals surface area (Å²) in [6.45, 7) is 1.26. The first-order valence-electron chi connectivity index (χ1n) is 7.83. The van der Waals surface area contributed by atoms with E-state index in [-0.39, 0.29) is 24.2 Å². The van der Waals surface area contributed by atoms with Crippen molar-refractivity contribution in [3.63, 3.8) is 0 Å². The number of hydrogen-bond donors (Lipinski definition) is 0. The SMILES string of the molecule is O=C(OCC(=O)N1CCN(C(=O)c2ccco2)CC1)c1ccncc1. The van der Waals surface area contributed by atoms with Gasteiger partial charge in [0.2, 0.25) is 0 Å². The van der Waals surface area contributed by atoms with Crippen LogP contribution in [0.3, 0.4) is 0 Å². The number of carbonyl (C=O) groups excluding carboxylic acids is 3. The highest BCUT2D eigenvalue weighted by Gasteiger charge is 2.26. The number of hydrogen-bond acceptors (Lipinski definition) is 6. The maximum atomic E-state index is 12.2. The Balaban J connectivity index is 1.45. The predicted octanol–water partition coefficient (Wildman–Crippen LogP) is 0.816. The molecule has 0 unspecified atom stereocenters. The largest absolute Gasteiger partial charge is 0.459 e. The molecule has 8 nitrogen and oxygen atoms in total. The van der Waals surface area contributed by atoms with Crippen LogP contribution in [-0.2, 0) is 9.53 Å². The molecule has 2 amide bonds. The van der Waals surface area contributed by atoms with Crippen molar-refractivity contribution in [3.05, 3.63) is 54.2 Å². The van der Waals surface area contributed by atoms with Gasteiger partial charge in [-0.1, -0.05) is 0 Å². The minimum absolute atomic E-state index is 0.193. The molecule has 0 aliphatic carbocycles. The van der Waals surface area contributed by atoms with Crippen LogP contribution in [0.25, 0.3) is 0 Å². The third-order valence-electron chi connectivity index (χ3n) is 3.89. The fourth-order valence-electron chi connectivity index (χ4n) is 2.50. The van der Waals surface area contributed by atoms with E-state index in [0.717, 1.165) is 0 Å². The van der Waals surface area contributed by atoms with Crippen LogP contribution in [0.2, 0.25) is 0 Å². The van der Waals surface area contributed by atoms with E-state index in [4.69, 9.17) is 9.15 Å². The summed E-state index contributed by atoms with van der Waals surface area (Å²) in [6.07, 6.45) is 4.41. The molecule has 2 aromatic rings. The van der Waals surface area contributed by atoms with Gasteiger partial charge in [0.15, 0.2) is 12.4 Å². The zero-order chi connectivity index (χ0) is 17.6. The number of nitrogens with zero attached hydrogens (tertiary/aromatic N) is 3. The quantitative estimate of drug-likeness (QED) is 0.763. The van der Waals surface area contributed by atoms with E-state index >= 15 is 0 Å². The number of carbonyl (C=O) groups is 3. The van der Waals surface area contributed by atoms with Gasteiger partial charge < -0.3 is 19.0 Å². The third kappa shape index (κ3) is 4.03. The standard InChI is InChI=1S/C17H17N3O5/c21-15(12-25-17(23)13-3-5-18-6-4-13)19-7-9-20(10-8-19)16(22)14-2-1-11-24-14/h1-6,11H,7-10,12H2. The van der Waals surface area contributed by atoms with E-state index in [2.05, 4.69) is 4.98 Å². The number of pyridine rings is 1. The Bertz CT molecular complexity index is 737. The maximum absolute atomic E-state index is 12.2. The van der Waals surface area contributed by atoms with Crippen molar-refractivity contribution in [2.24, 2.45) is 0 Å². The van der Waals surface area contributed by atoms with Crippen LogP contribution < -0.4 is 0 Å². The Kier molecular flexibility index (Phi) is 5.08. The van der Waals surface area contributed by atoms with E-state index in [1.54, 1.807) is 21.9 Å². The fourth-order valence-corrected chi connectivity index (χ4v) is 2.50. The summed E-state index contributed by atoms with van der Waals surface area (Å²) in [5, 5.41) is 0. The van der Waals surface area contributed by atoms with Gasteiger partial charge in [-0.05, 0) is 24.3 Å². The Morgan fingerprint density at radius 1 is 1.04 bits per heavy atom. The van der Waals surface area contributed by atoms with Gasteiger partial charge >= 0.3 is 5.97 Å². The minimum Gasteiger partial charge on any atom is -0.459 e. The summed E-state index contributed by atoms with van der Waals surface area (Å²) < 4.78 is 10.1. The van der Waals surface area contributed by atoms with E-state index in [0.29, 0.717) is 31.7 Å². The van der Waals surface area contributed by atoms with Crippen LogP contribution >= 0.6 is 0 Å². The first-order chi connectivity index (χ1) is 12.1. The lowest BCUT2D eigenvalue weighted by molar-refractivity contribution is -0.136. The second-order valence-electron chi connectivity index (χ2n) is 5.46. The van der Waals surface area contributed by atoms with Crippen LogP contribution in [0.4, 0.5) is 0 Å². The van der Waals surface area contributed by atoms with Gasteiger partial charge in [0.05, 0.1) is 11.8 Å². The lowest BCUT2D eigenvalue weighted by Crippen LogP contribution is -2.51. The summed E-state index contributed by atoms with van der Waals surface area (Å²) in [6, 6.07) is 6.31. The second-order valence-corrected chi connectivity index (χ2v) is 5.46. The topological polar surface area (TPSA) is 93.0 Å². The number of furan rings is 1. The number of piperazine rings is 1. The average Bonchev–Trinajstić information content (AvgIpc) is 3.21. The molecule has 1 fully saturated rings. The molecule has 0 radical (unpaired) electrons. The molecule has 1 aliphatic heterocycles. The fraction of sp³-hybridized carbons (Fsp3) is 0.294. The summed E-state index contributed by atoms with van der Waals surface area (Å²) in [4.78, 5) is 43.2. The Labute approximate surface area is 144 Å². The van der Waals surface area contributed by atoms with Crippen molar-refractivity contribution in [1.82, 2.24) is 14.8 Å². The van der Waals surface area contributed by atoms with Crippen molar-refractivity contribution in [1.29, 1.82) is 0 Å². The molecule has 8 heteroatoms. The average molecular weight is 343 g/mol. The second kappa shape index (κ2) is 7.61. The molecule has 2 aromatic heterocycles. The molecule has 0 aromatic carbocycles. The van der Waals surface area contributed by atoms with Crippen LogP contribution in [0.5, 0.6) is 0 Å². The molecule has 0 N–H and O–H groups in total. The first kappa shape index (κ1) is 16.7. The van der Waals surface area contributed by atoms with Gasteiger partial charge in [0.25, 0.3) is 11.8 Å². The van der Waals surface area contributed by atoms with Crippen LogP contribution in [-0.4, -0.2) is 65.4 Å². The molecular weight excluding hydrogens is 326 g/mol. The number of amides is 2. The summed E-state index contributed by atoms with van der Waals surface area (Å²) in [5.74, 6) is -0.762. The van der Waals surface area contributed by atoms with Gasteiger partial charge in [-0.15, -0.1) is 0 Å². The molecule has 1 saturated heterocycles. The highest BCUT2D eigenvalue weighted by atomic mass is 16.5. The molecule has 0 saturated carbocycles. The Morgan fingerprint density at radius 2 is 1.72 bits per heavy atom. The normalized spacial score (nSPS) is 14.2. The smallest absolute Gasteiger partial charge is 0.338 e. The molecule has 3 heterocycles. The van der Waals surface area contributed by atoms with Gasteiger partial charge in [-0.25, -0.2) is 4.79 Å². The van der Waals surface area contributed by atoms with Crippen molar-refractivity contribution < 1.29 is 23.5 Å². The lowest BCUT2D eigenvalue weighted by atomic mass is 10.2. The van der Waals surface area contributed by atoms with Crippen molar-refractivity contribution >= 4 is 17.8 Å². The minimum atomic E-state index is -0.567. The molecule has 3 rings (SSSR count). The van der Waals surface area contributed by atoms with E-state index in [1.807, 2.05) is 0 Å². The zero-order valence-electron chi connectivity index (χ0n) is 13.5. The number of ether oxygens (including phenoxy) is 1. The highest BCUT2D eigenvalue weighted by Crippen LogP contribution is 2.10. The summed E-state index contributed by atoms with van der Waals surface area (Å²) in [7, 11) is 0. The number of aromatic nitrogens is 1. The van der Waals surface area contributed by atoms with Crippen LogP contribution in [0.15, 0.2) is 47.3 Å². The van der Waals surface area contributed by atoms with Gasteiger partial charge in [0, 0.05) is 38.6 Å². The predicted molar refractivity (Wildman–Crippen MR) is 85.7 cm³/mol. The molecule has 0 atom stereocenters. The molecule has 1 aliphatic rings. The van der Waals surface area contributed by atoms with Gasteiger partial charge in [-0.2, -0.15) is 0 Å². The number of esters is 1. The van der Waals surface area contributed by atoms with Crippen LogP contribution in [0, 0.1) is 0 Å². The Hall–Kier alpha value is -3.16.